The molecule has 0 spiro atoms. The third-order valence-corrected chi connectivity index (χ3v) is 3.75. The first-order valence-corrected chi connectivity index (χ1v) is 6.95. The topological polar surface area (TPSA) is 71.5 Å². The van der Waals surface area contributed by atoms with Gasteiger partial charge < -0.3 is 15.2 Å². The summed E-state index contributed by atoms with van der Waals surface area (Å²) in [6.45, 7) is 1.19. The van der Waals surface area contributed by atoms with Crippen molar-refractivity contribution in [2.75, 3.05) is 25.1 Å². The molecule has 1 aromatic heterocycles. The summed E-state index contributed by atoms with van der Waals surface area (Å²) in [4.78, 5) is 15.0. The molecule has 2 heterocycles. The normalized spacial score (nSPS) is 18.0. The van der Waals surface area contributed by atoms with Gasteiger partial charge in [-0.2, -0.15) is 13.2 Å². The summed E-state index contributed by atoms with van der Waals surface area (Å²) >= 11 is 0. The third kappa shape index (κ3) is 4.33. The maximum absolute atomic E-state index is 12.4. The summed E-state index contributed by atoms with van der Waals surface area (Å²) in [7, 11) is 0. The minimum absolute atomic E-state index is 0.00630. The summed E-state index contributed by atoms with van der Waals surface area (Å²) < 4.78 is 42.5. The number of carboxylic acid groups (broad SMARTS) is 1. The number of alkyl halides is 3. The highest BCUT2D eigenvalue weighted by molar-refractivity contribution is 5.71. The van der Waals surface area contributed by atoms with Crippen molar-refractivity contribution in [3.63, 3.8) is 0 Å². The fourth-order valence-electron chi connectivity index (χ4n) is 2.45. The van der Waals surface area contributed by atoms with Crippen LogP contribution in [0.2, 0.25) is 0 Å². The molecule has 8 heteroatoms. The number of nitrogens with zero attached hydrogens (tertiary/aromatic N) is 1. The molecule has 0 bridgehead atoms. The number of carboxylic acids is 1. The lowest BCUT2D eigenvalue weighted by molar-refractivity contribution is -0.144. The van der Waals surface area contributed by atoms with Crippen LogP contribution < -0.4 is 5.32 Å². The van der Waals surface area contributed by atoms with Gasteiger partial charge in [0, 0.05) is 26.0 Å². The molecule has 1 atom stereocenters. The Labute approximate surface area is 125 Å². The lowest BCUT2D eigenvalue weighted by atomic mass is 9.86. The van der Waals surface area contributed by atoms with E-state index < -0.39 is 23.6 Å². The van der Waals surface area contributed by atoms with Gasteiger partial charge in [0.2, 0.25) is 0 Å². The summed E-state index contributed by atoms with van der Waals surface area (Å²) in [5, 5.41) is 12.1. The number of ether oxygens (including phenoxy) is 1. The number of pyridine rings is 1. The molecule has 0 radical (unpaired) electrons. The van der Waals surface area contributed by atoms with Gasteiger partial charge in [-0.1, -0.05) is 0 Å². The Hall–Kier alpha value is -1.83. The lowest BCUT2D eigenvalue weighted by Gasteiger charge is -2.27. The molecule has 2 N–H and O–H groups in total. The predicted octanol–water partition coefficient (Wildman–Crippen LogP) is 2.64. The molecule has 1 saturated heterocycles. The number of hydrogen-bond acceptors (Lipinski definition) is 4. The minimum Gasteiger partial charge on any atom is -0.481 e. The number of anilines is 1. The van der Waals surface area contributed by atoms with Crippen LogP contribution >= 0.6 is 0 Å². The Morgan fingerprint density at radius 3 is 2.59 bits per heavy atom. The maximum atomic E-state index is 12.4. The third-order valence-electron chi connectivity index (χ3n) is 3.75. The zero-order valence-electron chi connectivity index (χ0n) is 11.8. The van der Waals surface area contributed by atoms with E-state index in [-0.39, 0.29) is 18.3 Å². The van der Waals surface area contributed by atoms with Crippen LogP contribution in [0.1, 0.15) is 18.4 Å². The van der Waals surface area contributed by atoms with Crippen LogP contribution in [-0.2, 0) is 15.7 Å². The fraction of sp³-hybridized carbons (Fsp3) is 0.571. The summed E-state index contributed by atoms with van der Waals surface area (Å²) in [5.41, 5.74) is -0.836. The van der Waals surface area contributed by atoms with E-state index in [1.54, 1.807) is 0 Å². The van der Waals surface area contributed by atoms with E-state index in [0.29, 0.717) is 26.1 Å². The van der Waals surface area contributed by atoms with Gasteiger partial charge in [0.05, 0.1) is 11.5 Å². The number of aliphatic carboxylic acids is 1. The average molecular weight is 318 g/mol. The van der Waals surface area contributed by atoms with Crippen molar-refractivity contribution in [1.82, 2.24) is 4.98 Å². The molecule has 0 aliphatic carbocycles. The number of nitrogens with one attached hydrogen (secondary N) is 1. The van der Waals surface area contributed by atoms with Gasteiger partial charge in [-0.15, -0.1) is 0 Å². The molecule has 0 saturated carbocycles. The van der Waals surface area contributed by atoms with Gasteiger partial charge >= 0.3 is 12.1 Å². The molecule has 1 aromatic rings. The van der Waals surface area contributed by atoms with Crippen molar-refractivity contribution >= 4 is 11.8 Å². The Morgan fingerprint density at radius 1 is 1.41 bits per heavy atom. The maximum Gasteiger partial charge on any atom is 0.417 e. The van der Waals surface area contributed by atoms with Crippen LogP contribution in [0.5, 0.6) is 0 Å². The standard InChI is InChI=1S/C14H17F3N2O3/c15-14(16,17)10-1-2-12(18-7-10)19-8-11(13(20)21)9-3-5-22-6-4-9/h1-2,7,9,11H,3-6,8H2,(H,18,19)(H,20,21). The van der Waals surface area contributed by atoms with Crippen LogP contribution in [0.4, 0.5) is 19.0 Å². The summed E-state index contributed by atoms with van der Waals surface area (Å²) in [5.74, 6) is -1.32. The van der Waals surface area contributed by atoms with Crippen molar-refractivity contribution in [2.24, 2.45) is 11.8 Å². The average Bonchev–Trinajstić information content (AvgIpc) is 2.48. The van der Waals surface area contributed by atoms with Gasteiger partial charge in [0.15, 0.2) is 0 Å². The number of halogens is 3. The van der Waals surface area contributed by atoms with Crippen molar-refractivity contribution in [3.8, 4) is 0 Å². The Bertz CT molecular complexity index is 499. The van der Waals surface area contributed by atoms with Crippen molar-refractivity contribution in [1.29, 1.82) is 0 Å². The van der Waals surface area contributed by atoms with Crippen LogP contribution in [0, 0.1) is 11.8 Å². The summed E-state index contributed by atoms with van der Waals surface area (Å²) in [6.07, 6.45) is -2.37. The molecule has 2 rings (SSSR count). The van der Waals surface area contributed by atoms with E-state index in [1.807, 2.05) is 0 Å². The predicted molar refractivity (Wildman–Crippen MR) is 72.4 cm³/mol. The van der Waals surface area contributed by atoms with Crippen molar-refractivity contribution in [2.45, 2.75) is 19.0 Å². The molecule has 1 fully saturated rings. The van der Waals surface area contributed by atoms with Crippen LogP contribution in [0.25, 0.3) is 0 Å². The SMILES string of the molecule is O=C(O)C(CNc1ccc(C(F)(F)F)cn1)C1CCOCC1. The molecular weight excluding hydrogens is 301 g/mol. The quantitative estimate of drug-likeness (QED) is 0.873. The van der Waals surface area contributed by atoms with Crippen LogP contribution in [0.15, 0.2) is 18.3 Å². The van der Waals surface area contributed by atoms with Gasteiger partial charge in [0.25, 0.3) is 0 Å². The number of aromatic nitrogens is 1. The molecule has 22 heavy (non-hydrogen) atoms. The van der Waals surface area contributed by atoms with E-state index in [9.17, 15) is 23.1 Å². The van der Waals surface area contributed by atoms with Crippen LogP contribution in [-0.4, -0.2) is 35.8 Å². The van der Waals surface area contributed by atoms with E-state index >= 15 is 0 Å². The number of hydrogen-bond donors (Lipinski definition) is 2. The monoisotopic (exact) mass is 318 g/mol. The first-order chi connectivity index (χ1) is 10.4. The van der Waals surface area contributed by atoms with Crippen LogP contribution in [0.3, 0.4) is 0 Å². The van der Waals surface area contributed by atoms with E-state index in [4.69, 9.17) is 4.74 Å². The highest BCUT2D eigenvalue weighted by Gasteiger charge is 2.31. The Morgan fingerprint density at radius 2 is 2.09 bits per heavy atom. The summed E-state index contributed by atoms with van der Waals surface area (Å²) in [6, 6.07) is 2.12. The first kappa shape index (κ1) is 16.5. The smallest absolute Gasteiger partial charge is 0.417 e. The largest absolute Gasteiger partial charge is 0.481 e. The fourth-order valence-corrected chi connectivity index (χ4v) is 2.45. The van der Waals surface area contributed by atoms with E-state index in [0.717, 1.165) is 12.3 Å². The zero-order chi connectivity index (χ0) is 16.2. The lowest BCUT2D eigenvalue weighted by Crippen LogP contribution is -2.34. The highest BCUT2D eigenvalue weighted by Crippen LogP contribution is 2.29. The molecule has 122 valence electrons. The van der Waals surface area contributed by atoms with Gasteiger partial charge in [0.1, 0.15) is 5.82 Å². The molecule has 5 nitrogen and oxygen atoms in total. The first-order valence-electron chi connectivity index (χ1n) is 6.95. The number of rotatable bonds is 5. The molecule has 1 aliphatic rings. The second kappa shape index (κ2) is 6.95. The molecular formula is C14H17F3N2O3. The molecule has 1 aliphatic heterocycles. The van der Waals surface area contributed by atoms with Crippen molar-refractivity contribution < 1.29 is 27.8 Å². The highest BCUT2D eigenvalue weighted by atomic mass is 19.4. The molecule has 0 aromatic carbocycles. The minimum atomic E-state index is -4.43. The number of carbonyl (C=O) groups is 1. The second-order valence-corrected chi connectivity index (χ2v) is 5.21. The van der Waals surface area contributed by atoms with Crippen molar-refractivity contribution in [3.05, 3.63) is 23.9 Å². The zero-order valence-corrected chi connectivity index (χ0v) is 11.8. The van der Waals surface area contributed by atoms with E-state index in [1.165, 1.54) is 6.07 Å². The van der Waals surface area contributed by atoms with Gasteiger partial charge in [-0.05, 0) is 30.9 Å². The molecule has 0 amide bonds. The molecule has 1 unspecified atom stereocenters. The van der Waals surface area contributed by atoms with Gasteiger partial charge in [-0.25, -0.2) is 4.98 Å². The Kier molecular flexibility index (Phi) is 5.23. The Balaban J connectivity index is 1.95. The van der Waals surface area contributed by atoms with E-state index in [2.05, 4.69) is 10.3 Å². The second-order valence-electron chi connectivity index (χ2n) is 5.21. The van der Waals surface area contributed by atoms with Gasteiger partial charge in [-0.3, -0.25) is 4.79 Å².